The summed E-state index contributed by atoms with van der Waals surface area (Å²) in [6.45, 7) is -0.107. The Morgan fingerprint density at radius 3 is 2.50 bits per heavy atom. The van der Waals surface area contributed by atoms with E-state index in [-0.39, 0.29) is 19.1 Å². The van der Waals surface area contributed by atoms with E-state index in [0.29, 0.717) is 18.6 Å². The van der Waals surface area contributed by atoms with E-state index in [1.807, 2.05) is 72.8 Å². The van der Waals surface area contributed by atoms with Gasteiger partial charge in [0.2, 0.25) is 0 Å². The molecule has 1 aliphatic heterocycles. The number of fused-ring (bicyclic) bond motifs is 1. The summed E-state index contributed by atoms with van der Waals surface area (Å²) in [5.41, 5.74) is 1.11. The van der Waals surface area contributed by atoms with E-state index in [4.69, 9.17) is 4.74 Å². The van der Waals surface area contributed by atoms with Crippen LogP contribution in [0.5, 0.6) is 5.75 Å². The molecule has 4 rings (SSSR count). The van der Waals surface area contributed by atoms with Gasteiger partial charge in [0.05, 0.1) is 6.54 Å². The molecule has 1 saturated heterocycles. The van der Waals surface area contributed by atoms with Crippen LogP contribution in [-0.2, 0) is 11.2 Å². The Hall–Kier alpha value is -3.38. The van der Waals surface area contributed by atoms with Crippen LogP contribution in [0.15, 0.2) is 72.8 Å². The molecule has 1 fully saturated rings. The van der Waals surface area contributed by atoms with Crippen molar-refractivity contribution in [3.8, 4) is 5.75 Å². The van der Waals surface area contributed by atoms with Crippen molar-refractivity contribution >= 4 is 22.7 Å². The summed E-state index contributed by atoms with van der Waals surface area (Å²) in [6.07, 6.45) is 0.243. The fourth-order valence-corrected chi connectivity index (χ4v) is 3.61. The lowest BCUT2D eigenvalue weighted by molar-refractivity contribution is -0.128. The Morgan fingerprint density at radius 1 is 0.967 bits per heavy atom. The van der Waals surface area contributed by atoms with Gasteiger partial charge in [0, 0.05) is 0 Å². The number of nitrogens with zero attached hydrogens (tertiary/aromatic N) is 1. The summed E-state index contributed by atoms with van der Waals surface area (Å²) in [7, 11) is 0. The number of hydrogen-bond donors (Lipinski definition) is 2. The van der Waals surface area contributed by atoms with Gasteiger partial charge in [-0.15, -0.1) is 0 Å². The smallest absolute Gasteiger partial charge is 0.324 e. The van der Waals surface area contributed by atoms with Crippen LogP contribution in [0.4, 0.5) is 4.79 Å². The Labute approximate surface area is 175 Å². The van der Waals surface area contributed by atoms with Gasteiger partial charge >= 0.3 is 6.03 Å². The van der Waals surface area contributed by atoms with Crippen molar-refractivity contribution in [1.29, 1.82) is 0 Å². The lowest BCUT2D eigenvalue weighted by Crippen LogP contribution is -2.40. The van der Waals surface area contributed by atoms with E-state index >= 15 is 0 Å². The summed E-state index contributed by atoms with van der Waals surface area (Å²) in [4.78, 5) is 25.9. The predicted molar refractivity (Wildman–Crippen MR) is 114 cm³/mol. The van der Waals surface area contributed by atoms with Crippen LogP contribution in [0, 0.1) is 0 Å². The number of nitrogens with one attached hydrogen (secondary N) is 1. The highest BCUT2D eigenvalue weighted by atomic mass is 16.5. The third-order valence-electron chi connectivity index (χ3n) is 5.23. The number of aliphatic hydroxyl groups is 1. The molecular formula is C24H24N2O4. The molecule has 2 unspecified atom stereocenters. The normalized spacial score (nSPS) is 17.2. The molecule has 0 aliphatic carbocycles. The lowest BCUT2D eigenvalue weighted by atomic mass is 10.1. The molecular weight excluding hydrogens is 380 g/mol. The monoisotopic (exact) mass is 404 g/mol. The zero-order chi connectivity index (χ0) is 20.9. The minimum Gasteiger partial charge on any atom is -0.491 e. The van der Waals surface area contributed by atoms with Gasteiger partial charge in [-0.3, -0.25) is 9.69 Å². The number of rotatable bonds is 8. The van der Waals surface area contributed by atoms with Crippen molar-refractivity contribution in [3.05, 3.63) is 78.4 Å². The Kier molecular flexibility index (Phi) is 5.95. The number of benzene rings is 3. The lowest BCUT2D eigenvalue weighted by Gasteiger charge is -2.18. The topological polar surface area (TPSA) is 78.9 Å². The second-order valence-electron chi connectivity index (χ2n) is 7.45. The van der Waals surface area contributed by atoms with Crippen molar-refractivity contribution in [1.82, 2.24) is 10.2 Å². The maximum atomic E-state index is 12.6. The molecule has 0 radical (unpaired) electrons. The quantitative estimate of drug-likeness (QED) is 0.566. The molecule has 0 bridgehead atoms. The van der Waals surface area contributed by atoms with Gasteiger partial charge in [0.1, 0.15) is 24.5 Å². The Morgan fingerprint density at radius 2 is 1.70 bits per heavy atom. The van der Waals surface area contributed by atoms with Gasteiger partial charge in [-0.05, 0) is 41.3 Å². The summed E-state index contributed by atoms with van der Waals surface area (Å²) in [5.74, 6) is 0.325. The number of ether oxygens (including phenoxy) is 1. The molecule has 0 saturated carbocycles. The molecule has 3 aromatic rings. The number of hydrogen-bond acceptors (Lipinski definition) is 4. The number of aryl methyl sites for hydroxylation is 1. The zero-order valence-corrected chi connectivity index (χ0v) is 16.5. The Balaban J connectivity index is 1.29. The largest absolute Gasteiger partial charge is 0.491 e. The fraction of sp³-hybridized carbons (Fsp3) is 0.250. The Bertz CT molecular complexity index is 1040. The highest BCUT2D eigenvalue weighted by molar-refractivity contribution is 6.04. The minimum absolute atomic E-state index is 0.00984. The number of carbonyl (C=O) groups excluding carboxylic acids is 2. The van der Waals surface area contributed by atoms with Gasteiger partial charge < -0.3 is 15.2 Å². The van der Waals surface area contributed by atoms with E-state index in [2.05, 4.69) is 5.32 Å². The third-order valence-corrected chi connectivity index (χ3v) is 5.23. The zero-order valence-electron chi connectivity index (χ0n) is 16.5. The summed E-state index contributed by atoms with van der Waals surface area (Å²) < 4.78 is 5.67. The van der Waals surface area contributed by atoms with Crippen LogP contribution < -0.4 is 10.1 Å². The molecule has 3 amide bonds. The molecule has 0 aromatic heterocycles. The summed E-state index contributed by atoms with van der Waals surface area (Å²) in [6, 6.07) is 22.4. The molecule has 2 atom stereocenters. The third kappa shape index (κ3) is 4.60. The molecule has 30 heavy (non-hydrogen) atoms. The molecule has 1 heterocycles. The first-order valence-electron chi connectivity index (χ1n) is 10.1. The van der Waals surface area contributed by atoms with Gasteiger partial charge in [-0.1, -0.05) is 60.7 Å². The van der Waals surface area contributed by atoms with Gasteiger partial charge in [-0.25, -0.2) is 4.79 Å². The second kappa shape index (κ2) is 8.97. The van der Waals surface area contributed by atoms with Crippen molar-refractivity contribution in [2.45, 2.75) is 25.0 Å². The molecule has 6 nitrogen and oxygen atoms in total. The van der Waals surface area contributed by atoms with E-state index in [1.54, 1.807) is 0 Å². The molecule has 0 spiro atoms. The molecule has 2 N–H and O–H groups in total. The minimum atomic E-state index is -0.973. The second-order valence-corrected chi connectivity index (χ2v) is 7.45. The summed E-state index contributed by atoms with van der Waals surface area (Å²) in [5, 5.41) is 15.2. The summed E-state index contributed by atoms with van der Waals surface area (Å²) >= 11 is 0. The number of urea groups is 1. The molecule has 6 heteroatoms. The first-order valence-corrected chi connectivity index (χ1v) is 10.1. The number of amides is 3. The number of carbonyl (C=O) groups is 2. The van der Waals surface area contributed by atoms with Gasteiger partial charge in [0.25, 0.3) is 5.91 Å². The molecule has 154 valence electrons. The number of β-amino-alcohol motifs (C(OH)–C–C–N with tert-alkyl or cyclic N) is 1. The first-order chi connectivity index (χ1) is 14.6. The average molecular weight is 404 g/mol. The van der Waals surface area contributed by atoms with Crippen LogP contribution in [0.25, 0.3) is 10.8 Å². The van der Waals surface area contributed by atoms with Crippen molar-refractivity contribution in [2.75, 3.05) is 13.2 Å². The highest BCUT2D eigenvalue weighted by Crippen LogP contribution is 2.21. The number of imide groups is 1. The average Bonchev–Trinajstić information content (AvgIpc) is 3.04. The van der Waals surface area contributed by atoms with Crippen LogP contribution in [0.2, 0.25) is 0 Å². The van der Waals surface area contributed by atoms with Crippen LogP contribution >= 0.6 is 0 Å². The number of aliphatic hydroxyl groups excluding tert-OH is 1. The van der Waals surface area contributed by atoms with Crippen LogP contribution in [-0.4, -0.2) is 47.2 Å². The van der Waals surface area contributed by atoms with Crippen molar-refractivity contribution in [2.24, 2.45) is 0 Å². The molecule has 3 aromatic carbocycles. The maximum absolute atomic E-state index is 12.6. The van der Waals surface area contributed by atoms with E-state index in [0.717, 1.165) is 21.2 Å². The fourth-order valence-electron chi connectivity index (χ4n) is 3.61. The van der Waals surface area contributed by atoms with E-state index in [1.165, 1.54) is 0 Å². The van der Waals surface area contributed by atoms with E-state index in [9.17, 15) is 14.7 Å². The highest BCUT2D eigenvalue weighted by Gasteiger charge is 2.38. The first kappa shape index (κ1) is 19.9. The van der Waals surface area contributed by atoms with Crippen molar-refractivity contribution < 1.29 is 19.4 Å². The maximum Gasteiger partial charge on any atom is 0.324 e. The SMILES string of the molecule is O=C1NC(CCc2ccccc2)C(=O)N1CC(O)COc1ccc2ccccc2c1. The standard InChI is InChI=1S/C24H24N2O4/c27-20(16-30-21-12-11-18-8-4-5-9-19(18)14-21)15-26-23(28)22(25-24(26)29)13-10-17-6-2-1-3-7-17/h1-9,11-12,14,20,22,27H,10,13,15-16H2,(H,25,29). The van der Waals surface area contributed by atoms with Gasteiger partial charge in [0.15, 0.2) is 0 Å². The van der Waals surface area contributed by atoms with Crippen LogP contribution in [0.3, 0.4) is 0 Å². The van der Waals surface area contributed by atoms with Crippen LogP contribution in [0.1, 0.15) is 12.0 Å². The predicted octanol–water partition coefficient (Wildman–Crippen LogP) is 3.13. The van der Waals surface area contributed by atoms with Crippen molar-refractivity contribution in [3.63, 3.8) is 0 Å². The van der Waals surface area contributed by atoms with Gasteiger partial charge in [-0.2, -0.15) is 0 Å². The molecule has 1 aliphatic rings. The van der Waals surface area contributed by atoms with E-state index < -0.39 is 18.2 Å².